The number of hydrogen-bond acceptors (Lipinski definition) is 16. The first-order valence-corrected chi connectivity index (χ1v) is 14.0. The zero-order valence-corrected chi connectivity index (χ0v) is 24.4. The van der Waals surface area contributed by atoms with Crippen molar-refractivity contribution >= 4 is 11.0 Å². The average molecular weight is 656 g/mol. The van der Waals surface area contributed by atoms with Crippen LogP contribution < -0.4 is 14.2 Å². The number of aliphatic hydroxyl groups is 7. The maximum atomic E-state index is 11.0. The summed E-state index contributed by atoms with van der Waals surface area (Å²) < 4.78 is 39.5. The first-order valence-electron chi connectivity index (χ1n) is 14.0. The molecule has 0 saturated carbocycles. The number of fused-ring (bicyclic) bond motifs is 1. The van der Waals surface area contributed by atoms with Crippen molar-refractivity contribution in [3.63, 3.8) is 0 Å². The van der Waals surface area contributed by atoms with Crippen LogP contribution in [-0.2, 0) is 14.2 Å². The normalized spacial score (nSPS) is 31.5. The Hall–Kier alpha value is -3.75. The first kappa shape index (κ1) is 33.6. The van der Waals surface area contributed by atoms with E-state index in [0.29, 0.717) is 0 Å². The molecule has 0 aliphatic carbocycles. The lowest BCUT2D eigenvalue weighted by atomic mass is 9.97. The molecule has 5 rings (SSSR count). The van der Waals surface area contributed by atoms with Crippen LogP contribution >= 0.6 is 0 Å². The Morgan fingerprint density at radius 2 is 1.28 bits per heavy atom. The van der Waals surface area contributed by atoms with E-state index in [2.05, 4.69) is 0 Å². The van der Waals surface area contributed by atoms with E-state index in [1.54, 1.807) is 0 Å². The van der Waals surface area contributed by atoms with E-state index < -0.39 is 80.4 Å². The fourth-order valence-electron chi connectivity index (χ4n) is 5.25. The number of ether oxygens (including phenoxy) is 6. The second-order valence-electron chi connectivity index (χ2n) is 10.7. The fraction of sp³-hybridized carbons (Fsp3) is 0.483. The van der Waals surface area contributed by atoms with Crippen LogP contribution in [0.5, 0.6) is 34.5 Å². The van der Waals surface area contributed by atoms with Gasteiger partial charge in [0.15, 0.2) is 23.9 Å². The predicted molar refractivity (Wildman–Crippen MR) is 151 cm³/mol. The highest BCUT2D eigenvalue weighted by atomic mass is 16.8. The van der Waals surface area contributed by atoms with Gasteiger partial charge in [0.05, 0.1) is 39.1 Å². The number of benzene rings is 2. The highest BCUT2D eigenvalue weighted by Crippen LogP contribution is 2.45. The summed E-state index contributed by atoms with van der Waals surface area (Å²) in [6.07, 6.45) is -17.1. The largest absolute Gasteiger partial charge is 0.507 e. The summed E-state index contributed by atoms with van der Waals surface area (Å²) in [7, 11) is 2.59. The minimum Gasteiger partial charge on any atom is -0.507 e. The van der Waals surface area contributed by atoms with Gasteiger partial charge in [0.25, 0.3) is 0 Å². The molecule has 46 heavy (non-hydrogen) atoms. The third-order valence-corrected chi connectivity index (χ3v) is 7.77. The second-order valence-corrected chi connectivity index (χ2v) is 10.7. The van der Waals surface area contributed by atoms with Gasteiger partial charge in [-0.25, -0.2) is 4.42 Å². The third-order valence-electron chi connectivity index (χ3n) is 7.77. The smallest absolute Gasteiger partial charge is 0.402 e. The van der Waals surface area contributed by atoms with E-state index in [1.165, 1.54) is 38.5 Å². The van der Waals surface area contributed by atoms with Gasteiger partial charge in [-0.1, -0.05) is 0 Å². The fourth-order valence-corrected chi connectivity index (χ4v) is 5.25. The van der Waals surface area contributed by atoms with E-state index in [-0.39, 0.29) is 51.0 Å². The first-order chi connectivity index (χ1) is 21.9. The summed E-state index contributed by atoms with van der Waals surface area (Å²) in [6.45, 7) is -1.56. The Morgan fingerprint density at radius 1 is 0.696 bits per heavy atom. The van der Waals surface area contributed by atoms with Crippen LogP contribution in [0.25, 0.3) is 22.3 Å². The molecule has 2 fully saturated rings. The number of phenolic OH excluding ortho intramolecular Hbond substituents is 3. The van der Waals surface area contributed by atoms with Gasteiger partial charge in [0, 0.05) is 24.3 Å². The van der Waals surface area contributed by atoms with Crippen LogP contribution in [0.4, 0.5) is 0 Å². The summed E-state index contributed by atoms with van der Waals surface area (Å²) in [4.78, 5) is 0. The highest BCUT2D eigenvalue weighted by Gasteiger charge is 2.52. The molecule has 2 aromatic carbocycles. The van der Waals surface area contributed by atoms with Crippen LogP contribution in [-0.4, -0.2) is 140 Å². The van der Waals surface area contributed by atoms with E-state index in [9.17, 15) is 51.1 Å². The minimum absolute atomic E-state index is 0.0202. The van der Waals surface area contributed by atoms with Crippen LogP contribution in [0, 0.1) is 0 Å². The molecular formula is C29H35O17+. The van der Waals surface area contributed by atoms with Crippen molar-refractivity contribution in [3.05, 3.63) is 30.3 Å². The number of rotatable bonds is 9. The van der Waals surface area contributed by atoms with Crippen LogP contribution in [0.3, 0.4) is 0 Å². The van der Waals surface area contributed by atoms with Crippen molar-refractivity contribution in [2.24, 2.45) is 0 Å². The summed E-state index contributed by atoms with van der Waals surface area (Å²) >= 11 is 0. The van der Waals surface area contributed by atoms with E-state index in [1.807, 2.05) is 0 Å². The Bertz CT molecular complexity index is 1510. The van der Waals surface area contributed by atoms with Gasteiger partial charge in [-0.3, -0.25) is 0 Å². The molecule has 0 bridgehead atoms. The van der Waals surface area contributed by atoms with Crippen molar-refractivity contribution in [2.75, 3.05) is 27.4 Å². The minimum atomic E-state index is -1.90. The molecule has 10 N–H and O–H groups in total. The Balaban J connectivity index is 1.61. The quantitative estimate of drug-likeness (QED) is 0.118. The molecule has 3 aromatic rings. The molecule has 1 aromatic heterocycles. The highest BCUT2D eigenvalue weighted by molar-refractivity contribution is 5.88. The monoisotopic (exact) mass is 655 g/mol. The van der Waals surface area contributed by atoms with Gasteiger partial charge in [0.2, 0.25) is 17.8 Å². The Morgan fingerprint density at radius 3 is 1.87 bits per heavy atom. The zero-order valence-electron chi connectivity index (χ0n) is 24.4. The molecule has 10 unspecified atom stereocenters. The number of phenols is 3. The molecule has 3 heterocycles. The molecular weight excluding hydrogens is 620 g/mol. The van der Waals surface area contributed by atoms with Crippen LogP contribution in [0.15, 0.2) is 34.7 Å². The maximum absolute atomic E-state index is 11.0. The molecule has 0 amide bonds. The number of aromatic hydroxyl groups is 3. The maximum Gasteiger partial charge on any atom is 0.402 e. The number of hydrogen-bond donors (Lipinski definition) is 10. The molecule has 0 spiro atoms. The van der Waals surface area contributed by atoms with Gasteiger partial charge in [-0.15, -0.1) is 0 Å². The summed E-state index contributed by atoms with van der Waals surface area (Å²) in [6, 6.07) is 6.25. The molecule has 10 atom stereocenters. The molecule has 2 saturated heterocycles. The number of aliphatic hydroxyl groups excluding tert-OH is 7. The van der Waals surface area contributed by atoms with Crippen molar-refractivity contribution in [1.29, 1.82) is 0 Å². The lowest BCUT2D eigenvalue weighted by Crippen LogP contribution is -2.65. The molecule has 2 aliphatic heterocycles. The average Bonchev–Trinajstić information content (AvgIpc) is 3.04. The number of methoxy groups -OCH3 is 2. The SMILES string of the molecule is COc1cc(-c2[o+]c3cc(O)cc(O)c3cc2OC2OC(CO)C(O)C(O)C2OC2OC(CO)C(O)C(O)C2O)cc(OC)c1O. The molecule has 2 aliphatic rings. The van der Waals surface area contributed by atoms with Crippen LogP contribution in [0.2, 0.25) is 0 Å². The Kier molecular flexibility index (Phi) is 9.89. The molecule has 0 radical (unpaired) electrons. The summed E-state index contributed by atoms with van der Waals surface area (Å²) in [5.74, 6) is -1.49. The van der Waals surface area contributed by atoms with E-state index in [0.717, 1.165) is 6.07 Å². The van der Waals surface area contributed by atoms with Crippen molar-refractivity contribution in [3.8, 4) is 45.8 Å². The van der Waals surface area contributed by atoms with Gasteiger partial charge in [-0.05, 0) is 0 Å². The van der Waals surface area contributed by atoms with Gasteiger partial charge < -0.3 is 79.5 Å². The van der Waals surface area contributed by atoms with Crippen molar-refractivity contribution in [1.82, 2.24) is 0 Å². The van der Waals surface area contributed by atoms with Crippen molar-refractivity contribution < 1.29 is 83.9 Å². The lowest BCUT2D eigenvalue weighted by Gasteiger charge is -2.45. The molecule has 17 nitrogen and oxygen atoms in total. The lowest BCUT2D eigenvalue weighted by molar-refractivity contribution is -0.357. The topological polar surface area (TPSA) is 269 Å². The van der Waals surface area contributed by atoms with E-state index >= 15 is 0 Å². The predicted octanol–water partition coefficient (Wildman–Crippen LogP) is -1.48. The second kappa shape index (κ2) is 13.5. The van der Waals surface area contributed by atoms with Crippen molar-refractivity contribution in [2.45, 2.75) is 61.4 Å². The molecule has 17 heteroatoms. The van der Waals surface area contributed by atoms with Gasteiger partial charge in [0.1, 0.15) is 59.6 Å². The van der Waals surface area contributed by atoms with Gasteiger partial charge >= 0.3 is 11.3 Å². The summed E-state index contributed by atoms with van der Waals surface area (Å²) in [5, 5.41) is 103. The summed E-state index contributed by atoms with van der Waals surface area (Å²) in [5.41, 5.74) is 0.154. The zero-order chi connectivity index (χ0) is 33.4. The molecule has 252 valence electrons. The Labute approximate surface area is 260 Å². The standard InChI is InChI=1S/C29H34O17/c1-40-15-3-10(4-16(41-2)20(15)34)26-17(7-12-13(33)5-11(32)6-14(12)42-26)43-29-27(24(38)22(36)19(9-31)45-29)46-28-25(39)23(37)21(35)18(8-30)44-28/h3-7,18-19,21-25,27-31,35-39H,8-9H2,1-2H3,(H2-,32,33,34)/p+1. The third kappa shape index (κ3) is 6.17. The van der Waals surface area contributed by atoms with E-state index in [4.69, 9.17) is 32.8 Å². The van der Waals surface area contributed by atoms with Crippen LogP contribution in [0.1, 0.15) is 0 Å². The van der Waals surface area contributed by atoms with Gasteiger partial charge in [-0.2, -0.15) is 0 Å².